The summed E-state index contributed by atoms with van der Waals surface area (Å²) in [6.07, 6.45) is 0. The Morgan fingerprint density at radius 1 is 1.26 bits per heavy atom. The molecule has 0 saturated heterocycles. The number of hydrogen-bond acceptors (Lipinski definition) is 4. The molecule has 1 aromatic carbocycles. The zero-order valence-electron chi connectivity index (χ0n) is 9.15. The monoisotopic (exact) mass is 444 g/mol. The SMILES string of the molecule is Nc1cc(Br)cc(Br)c1NS(=O)(=O)c1ccc(Cl)s1. The van der Waals surface area contributed by atoms with E-state index < -0.39 is 10.0 Å². The molecule has 2 rings (SSSR count). The Morgan fingerprint density at radius 3 is 2.47 bits per heavy atom. The average Bonchev–Trinajstić information content (AvgIpc) is 2.71. The predicted molar refractivity (Wildman–Crippen MR) is 86.4 cm³/mol. The molecule has 102 valence electrons. The standard InChI is InChI=1S/C10H7Br2ClN2O2S2/c11-5-3-6(12)10(7(14)4-5)15-19(16,17)9-2-1-8(13)18-9/h1-4,15H,14H2. The zero-order chi connectivity index (χ0) is 14.2. The summed E-state index contributed by atoms with van der Waals surface area (Å²) in [6, 6.07) is 6.29. The smallest absolute Gasteiger partial charge is 0.271 e. The van der Waals surface area contributed by atoms with Crippen LogP contribution in [0.25, 0.3) is 0 Å². The van der Waals surface area contributed by atoms with E-state index in [1.807, 2.05) is 0 Å². The topological polar surface area (TPSA) is 72.2 Å². The molecule has 2 aromatic rings. The molecule has 9 heteroatoms. The molecule has 0 spiro atoms. The molecule has 0 atom stereocenters. The number of hydrogen-bond donors (Lipinski definition) is 2. The second-order valence-electron chi connectivity index (χ2n) is 3.52. The molecule has 0 fully saturated rings. The fraction of sp³-hybridized carbons (Fsp3) is 0. The van der Waals surface area contributed by atoms with Gasteiger partial charge in [0.1, 0.15) is 4.21 Å². The van der Waals surface area contributed by atoms with Crippen LogP contribution in [0.4, 0.5) is 11.4 Å². The van der Waals surface area contributed by atoms with Crippen molar-refractivity contribution in [3.63, 3.8) is 0 Å². The summed E-state index contributed by atoms with van der Waals surface area (Å²) in [5.74, 6) is 0. The number of nitrogens with two attached hydrogens (primary N) is 1. The van der Waals surface area contributed by atoms with Gasteiger partial charge in [0.15, 0.2) is 0 Å². The van der Waals surface area contributed by atoms with E-state index >= 15 is 0 Å². The minimum absolute atomic E-state index is 0.131. The summed E-state index contributed by atoms with van der Waals surface area (Å²) in [4.78, 5) is 0. The number of thiophene rings is 1. The van der Waals surface area contributed by atoms with E-state index in [1.54, 1.807) is 12.1 Å². The highest BCUT2D eigenvalue weighted by Gasteiger charge is 2.19. The molecule has 3 N–H and O–H groups in total. The largest absolute Gasteiger partial charge is 0.397 e. The van der Waals surface area contributed by atoms with E-state index in [4.69, 9.17) is 17.3 Å². The zero-order valence-corrected chi connectivity index (χ0v) is 14.7. The number of anilines is 2. The fourth-order valence-corrected chi connectivity index (χ4v) is 5.41. The van der Waals surface area contributed by atoms with Gasteiger partial charge in [-0.3, -0.25) is 4.72 Å². The summed E-state index contributed by atoms with van der Waals surface area (Å²) in [6.45, 7) is 0. The van der Waals surface area contributed by atoms with Gasteiger partial charge in [-0.2, -0.15) is 0 Å². The lowest BCUT2D eigenvalue weighted by atomic mass is 10.3. The van der Waals surface area contributed by atoms with Gasteiger partial charge in [0.25, 0.3) is 10.0 Å². The minimum Gasteiger partial charge on any atom is -0.397 e. The van der Waals surface area contributed by atoms with Gasteiger partial charge >= 0.3 is 0 Å². The maximum atomic E-state index is 12.2. The van der Waals surface area contributed by atoms with E-state index in [2.05, 4.69) is 36.6 Å². The molecule has 0 amide bonds. The Hall–Kier alpha value is -0.280. The molecule has 0 radical (unpaired) electrons. The lowest BCUT2D eigenvalue weighted by Crippen LogP contribution is -2.13. The molecular formula is C10H7Br2ClN2O2S2. The van der Waals surface area contributed by atoms with Crippen LogP contribution in [-0.4, -0.2) is 8.42 Å². The number of halogens is 3. The van der Waals surface area contributed by atoms with Crippen LogP contribution in [0.2, 0.25) is 4.34 Å². The van der Waals surface area contributed by atoms with Gasteiger partial charge in [0, 0.05) is 8.95 Å². The third-order valence-corrected chi connectivity index (χ3v) is 6.29. The number of benzene rings is 1. The van der Waals surface area contributed by atoms with Crippen molar-refractivity contribution >= 4 is 76.2 Å². The summed E-state index contributed by atoms with van der Waals surface area (Å²) in [5, 5.41) is 0. The van der Waals surface area contributed by atoms with Crippen LogP contribution in [0.15, 0.2) is 37.4 Å². The first-order valence-corrected chi connectivity index (χ1v) is 9.08. The van der Waals surface area contributed by atoms with E-state index in [9.17, 15) is 8.42 Å². The van der Waals surface area contributed by atoms with E-state index in [1.165, 1.54) is 12.1 Å². The first-order chi connectivity index (χ1) is 8.79. The van der Waals surface area contributed by atoms with Crippen molar-refractivity contribution in [2.45, 2.75) is 4.21 Å². The third-order valence-electron chi connectivity index (χ3n) is 2.14. The Balaban J connectivity index is 2.41. The second kappa shape index (κ2) is 5.61. The molecular weight excluding hydrogens is 440 g/mol. The van der Waals surface area contributed by atoms with Gasteiger partial charge in [0.05, 0.1) is 15.7 Å². The lowest BCUT2D eigenvalue weighted by molar-refractivity contribution is 0.603. The number of nitrogens with one attached hydrogen (secondary N) is 1. The summed E-state index contributed by atoms with van der Waals surface area (Å²) < 4.78 is 28.6. The summed E-state index contributed by atoms with van der Waals surface area (Å²) in [7, 11) is -3.69. The Kier molecular flexibility index (Phi) is 4.46. The molecule has 19 heavy (non-hydrogen) atoms. The predicted octanol–water partition coefficient (Wildman–Crippen LogP) is 4.31. The van der Waals surface area contributed by atoms with Gasteiger partial charge in [-0.25, -0.2) is 8.42 Å². The normalized spacial score (nSPS) is 11.5. The van der Waals surface area contributed by atoms with Gasteiger partial charge in [-0.15, -0.1) is 11.3 Å². The quantitative estimate of drug-likeness (QED) is 0.690. The first-order valence-electron chi connectivity index (χ1n) is 4.82. The molecule has 0 aliphatic heterocycles. The maximum absolute atomic E-state index is 12.2. The van der Waals surface area contributed by atoms with Crippen LogP contribution in [0.3, 0.4) is 0 Å². The second-order valence-corrected chi connectivity index (χ2v) is 8.91. The molecule has 0 aliphatic rings. The number of rotatable bonds is 3. The Morgan fingerprint density at radius 2 is 1.95 bits per heavy atom. The molecule has 4 nitrogen and oxygen atoms in total. The third kappa shape index (κ3) is 3.43. The van der Waals surface area contributed by atoms with Crippen LogP contribution in [0.1, 0.15) is 0 Å². The van der Waals surface area contributed by atoms with Crippen molar-refractivity contribution < 1.29 is 8.42 Å². The first kappa shape index (κ1) is 15.1. The molecule has 1 aromatic heterocycles. The Labute approximate surface area is 136 Å². The van der Waals surface area contributed by atoms with Crippen molar-refractivity contribution in [3.05, 3.63) is 37.5 Å². The van der Waals surface area contributed by atoms with E-state index in [0.29, 0.717) is 20.2 Å². The van der Waals surface area contributed by atoms with Crippen LogP contribution >= 0.6 is 54.8 Å². The van der Waals surface area contributed by atoms with Crippen molar-refractivity contribution in [3.8, 4) is 0 Å². The molecule has 0 unspecified atom stereocenters. The molecule has 0 bridgehead atoms. The van der Waals surface area contributed by atoms with Crippen molar-refractivity contribution in [2.75, 3.05) is 10.5 Å². The van der Waals surface area contributed by atoms with E-state index in [0.717, 1.165) is 15.8 Å². The van der Waals surface area contributed by atoms with Gasteiger partial charge < -0.3 is 5.73 Å². The molecule has 1 heterocycles. The highest BCUT2D eigenvalue weighted by molar-refractivity contribution is 9.11. The van der Waals surface area contributed by atoms with Crippen molar-refractivity contribution in [1.29, 1.82) is 0 Å². The molecule has 0 saturated carbocycles. The van der Waals surface area contributed by atoms with Crippen LogP contribution in [0, 0.1) is 0 Å². The summed E-state index contributed by atoms with van der Waals surface area (Å²) >= 11 is 13.3. The van der Waals surface area contributed by atoms with Gasteiger partial charge in [-0.1, -0.05) is 27.5 Å². The lowest BCUT2D eigenvalue weighted by Gasteiger charge is -2.11. The van der Waals surface area contributed by atoms with Crippen LogP contribution in [0.5, 0.6) is 0 Å². The fourth-order valence-electron chi connectivity index (χ4n) is 1.33. The van der Waals surface area contributed by atoms with Crippen LogP contribution in [-0.2, 0) is 10.0 Å². The van der Waals surface area contributed by atoms with Gasteiger partial charge in [0.2, 0.25) is 0 Å². The van der Waals surface area contributed by atoms with Gasteiger partial charge in [-0.05, 0) is 40.2 Å². The van der Waals surface area contributed by atoms with E-state index in [-0.39, 0.29) is 4.21 Å². The minimum atomic E-state index is -3.69. The highest BCUT2D eigenvalue weighted by Crippen LogP contribution is 2.35. The average molecular weight is 447 g/mol. The van der Waals surface area contributed by atoms with Crippen LogP contribution < -0.4 is 10.5 Å². The molecule has 0 aliphatic carbocycles. The summed E-state index contributed by atoms with van der Waals surface area (Å²) in [5.41, 5.74) is 6.41. The maximum Gasteiger partial charge on any atom is 0.271 e. The number of sulfonamides is 1. The Bertz CT molecular complexity index is 708. The van der Waals surface area contributed by atoms with Crippen molar-refractivity contribution in [2.24, 2.45) is 0 Å². The number of nitrogen functional groups attached to an aromatic ring is 1. The van der Waals surface area contributed by atoms with Crippen molar-refractivity contribution in [1.82, 2.24) is 0 Å². The highest BCUT2D eigenvalue weighted by atomic mass is 79.9.